The molecule has 1 aromatic heterocycles. The predicted molar refractivity (Wildman–Crippen MR) is 72.8 cm³/mol. The first kappa shape index (κ1) is 15.8. The SMILES string of the molecule is Cc1cccc(-c2nccn2[C@H](C)CO)c1F.O=CO. The van der Waals surface area contributed by atoms with Gasteiger partial charge in [-0.05, 0) is 25.5 Å². The van der Waals surface area contributed by atoms with Crippen molar-refractivity contribution >= 4 is 6.47 Å². The molecule has 20 heavy (non-hydrogen) atoms. The molecule has 0 unspecified atom stereocenters. The van der Waals surface area contributed by atoms with E-state index in [1.165, 1.54) is 0 Å². The summed E-state index contributed by atoms with van der Waals surface area (Å²) in [5.41, 5.74) is 1.06. The van der Waals surface area contributed by atoms with Gasteiger partial charge in [-0.1, -0.05) is 12.1 Å². The van der Waals surface area contributed by atoms with Gasteiger partial charge in [0.2, 0.25) is 0 Å². The Hall–Kier alpha value is -2.21. The molecule has 0 aliphatic rings. The Balaban J connectivity index is 0.000000612. The first-order valence-corrected chi connectivity index (χ1v) is 6.03. The number of carboxylic acid groups (broad SMARTS) is 1. The van der Waals surface area contributed by atoms with Gasteiger partial charge in [0.25, 0.3) is 6.47 Å². The number of aryl methyl sites for hydroxylation is 1. The van der Waals surface area contributed by atoms with E-state index in [0.717, 1.165) is 0 Å². The van der Waals surface area contributed by atoms with E-state index in [1.807, 2.05) is 6.92 Å². The van der Waals surface area contributed by atoms with Gasteiger partial charge in [-0.25, -0.2) is 9.37 Å². The van der Waals surface area contributed by atoms with Gasteiger partial charge in [-0.15, -0.1) is 0 Å². The minimum atomic E-state index is -0.259. The predicted octanol–water partition coefficient (Wildman–Crippen LogP) is 2.25. The normalized spacial score (nSPS) is 11.4. The van der Waals surface area contributed by atoms with Crippen LogP contribution in [0.1, 0.15) is 18.5 Å². The topological polar surface area (TPSA) is 75.3 Å². The molecule has 0 amide bonds. The molecule has 0 bridgehead atoms. The largest absolute Gasteiger partial charge is 0.483 e. The lowest BCUT2D eigenvalue weighted by Gasteiger charge is -2.14. The molecule has 0 saturated heterocycles. The summed E-state index contributed by atoms with van der Waals surface area (Å²) in [6.07, 6.45) is 3.36. The minimum Gasteiger partial charge on any atom is -0.483 e. The Bertz CT molecular complexity index is 569. The summed E-state index contributed by atoms with van der Waals surface area (Å²) < 4.78 is 15.8. The number of imidazole rings is 1. The van der Waals surface area contributed by atoms with Crippen molar-refractivity contribution < 1.29 is 19.4 Å². The van der Waals surface area contributed by atoms with Gasteiger partial charge >= 0.3 is 0 Å². The van der Waals surface area contributed by atoms with Crippen molar-refractivity contribution in [2.24, 2.45) is 0 Å². The molecule has 108 valence electrons. The number of aliphatic hydroxyl groups excluding tert-OH is 1. The van der Waals surface area contributed by atoms with E-state index in [9.17, 15) is 4.39 Å². The van der Waals surface area contributed by atoms with Crippen LogP contribution in [0.4, 0.5) is 4.39 Å². The molecule has 0 fully saturated rings. The smallest absolute Gasteiger partial charge is 0.290 e. The molecule has 0 aliphatic heterocycles. The molecule has 2 aromatic rings. The van der Waals surface area contributed by atoms with Crippen molar-refractivity contribution in [3.8, 4) is 11.4 Å². The molecule has 1 atom stereocenters. The number of hydrogen-bond donors (Lipinski definition) is 2. The lowest BCUT2D eigenvalue weighted by atomic mass is 10.1. The summed E-state index contributed by atoms with van der Waals surface area (Å²) >= 11 is 0. The van der Waals surface area contributed by atoms with Crippen LogP contribution < -0.4 is 0 Å². The van der Waals surface area contributed by atoms with Crippen LogP contribution >= 0.6 is 0 Å². The van der Waals surface area contributed by atoms with Crippen LogP contribution in [0.15, 0.2) is 30.6 Å². The number of aromatic nitrogens is 2. The van der Waals surface area contributed by atoms with Crippen molar-refractivity contribution in [2.45, 2.75) is 19.9 Å². The summed E-state index contributed by atoms with van der Waals surface area (Å²) in [5, 5.41) is 16.0. The molecule has 6 heteroatoms. The third kappa shape index (κ3) is 3.42. The summed E-state index contributed by atoms with van der Waals surface area (Å²) in [6.45, 7) is 3.33. The number of nitrogens with zero attached hydrogens (tertiary/aromatic N) is 2. The second kappa shape index (κ2) is 7.40. The van der Waals surface area contributed by atoms with Crippen molar-refractivity contribution in [3.63, 3.8) is 0 Å². The molecule has 0 spiro atoms. The number of benzene rings is 1. The van der Waals surface area contributed by atoms with Gasteiger partial charge < -0.3 is 14.8 Å². The van der Waals surface area contributed by atoms with Gasteiger partial charge in [0.15, 0.2) is 0 Å². The lowest BCUT2D eigenvalue weighted by molar-refractivity contribution is -0.122. The van der Waals surface area contributed by atoms with Gasteiger partial charge in [0.05, 0.1) is 18.2 Å². The quantitative estimate of drug-likeness (QED) is 0.846. The second-order valence-corrected chi connectivity index (χ2v) is 4.23. The third-order valence-corrected chi connectivity index (χ3v) is 2.84. The molecule has 5 nitrogen and oxygen atoms in total. The second-order valence-electron chi connectivity index (χ2n) is 4.23. The zero-order valence-corrected chi connectivity index (χ0v) is 11.3. The van der Waals surface area contributed by atoms with Gasteiger partial charge in [-0.2, -0.15) is 0 Å². The maximum Gasteiger partial charge on any atom is 0.290 e. The average Bonchev–Trinajstić information content (AvgIpc) is 2.91. The Morgan fingerprint density at radius 2 is 2.15 bits per heavy atom. The van der Waals surface area contributed by atoms with Crippen LogP contribution in [-0.4, -0.2) is 32.8 Å². The zero-order chi connectivity index (χ0) is 15.1. The average molecular weight is 280 g/mol. The zero-order valence-electron chi connectivity index (χ0n) is 11.3. The maximum atomic E-state index is 14.0. The standard InChI is InChI=1S/C13H15FN2O.CH2O2/c1-9-4-3-5-11(12(9)14)13-15-6-7-16(13)10(2)8-17;2-1-3/h3-7,10,17H,8H2,1-2H3;1H,(H,2,3)/t10-;/m1./s1. The van der Waals surface area contributed by atoms with Crippen LogP contribution in [0.5, 0.6) is 0 Å². The first-order chi connectivity index (χ1) is 9.56. The lowest BCUT2D eigenvalue weighted by Crippen LogP contribution is -2.10. The number of rotatable bonds is 3. The van der Waals surface area contributed by atoms with Crippen LogP contribution in [0.3, 0.4) is 0 Å². The summed E-state index contributed by atoms with van der Waals surface area (Å²) in [6, 6.07) is 5.11. The third-order valence-electron chi connectivity index (χ3n) is 2.84. The highest BCUT2D eigenvalue weighted by atomic mass is 19.1. The van der Waals surface area contributed by atoms with E-state index >= 15 is 0 Å². The van der Waals surface area contributed by atoms with Gasteiger partial charge in [0.1, 0.15) is 11.6 Å². The summed E-state index contributed by atoms with van der Waals surface area (Å²) in [4.78, 5) is 12.5. The van der Waals surface area contributed by atoms with Crippen LogP contribution in [0.2, 0.25) is 0 Å². The highest BCUT2D eigenvalue weighted by Gasteiger charge is 2.15. The van der Waals surface area contributed by atoms with Crippen LogP contribution in [0.25, 0.3) is 11.4 Å². The fraction of sp³-hybridized carbons (Fsp3) is 0.286. The molecular weight excluding hydrogens is 263 g/mol. The minimum absolute atomic E-state index is 0.00318. The van der Waals surface area contributed by atoms with E-state index in [1.54, 1.807) is 42.1 Å². The van der Waals surface area contributed by atoms with Crippen LogP contribution in [-0.2, 0) is 4.79 Å². The van der Waals surface area contributed by atoms with Crippen LogP contribution in [0, 0.1) is 12.7 Å². The number of hydrogen-bond acceptors (Lipinski definition) is 3. The van der Waals surface area contributed by atoms with Gasteiger partial charge in [-0.3, -0.25) is 4.79 Å². The highest BCUT2D eigenvalue weighted by molar-refractivity contribution is 5.58. The Labute approximate surface area is 116 Å². The number of halogens is 1. The molecular formula is C14H17FN2O3. The summed E-state index contributed by atoms with van der Waals surface area (Å²) in [5.74, 6) is 0.290. The first-order valence-electron chi connectivity index (χ1n) is 6.03. The molecule has 0 saturated carbocycles. The van der Waals surface area contributed by atoms with E-state index in [4.69, 9.17) is 15.0 Å². The Kier molecular flexibility index (Phi) is 5.86. The van der Waals surface area contributed by atoms with Crippen molar-refractivity contribution in [1.82, 2.24) is 9.55 Å². The van der Waals surface area contributed by atoms with Crippen molar-refractivity contribution in [2.75, 3.05) is 6.61 Å². The fourth-order valence-electron chi connectivity index (χ4n) is 1.79. The van der Waals surface area contributed by atoms with E-state index < -0.39 is 0 Å². The van der Waals surface area contributed by atoms with Crippen molar-refractivity contribution in [3.05, 3.63) is 42.0 Å². The molecule has 2 rings (SSSR count). The Morgan fingerprint density at radius 1 is 1.50 bits per heavy atom. The molecule has 0 radical (unpaired) electrons. The Morgan fingerprint density at radius 3 is 2.75 bits per heavy atom. The van der Waals surface area contributed by atoms with Gasteiger partial charge in [0, 0.05) is 12.4 Å². The molecule has 1 heterocycles. The van der Waals surface area contributed by atoms with E-state index in [0.29, 0.717) is 17.0 Å². The molecule has 2 N–H and O–H groups in total. The van der Waals surface area contributed by atoms with E-state index in [2.05, 4.69) is 4.98 Å². The molecule has 1 aromatic carbocycles. The highest BCUT2D eigenvalue weighted by Crippen LogP contribution is 2.25. The fourth-order valence-corrected chi connectivity index (χ4v) is 1.79. The van der Waals surface area contributed by atoms with E-state index in [-0.39, 0.29) is 24.9 Å². The number of carbonyl (C=O) groups is 1. The number of aliphatic hydroxyl groups is 1. The summed E-state index contributed by atoms with van der Waals surface area (Å²) in [7, 11) is 0. The molecule has 0 aliphatic carbocycles. The van der Waals surface area contributed by atoms with Crippen molar-refractivity contribution in [1.29, 1.82) is 0 Å². The maximum absolute atomic E-state index is 14.0. The monoisotopic (exact) mass is 280 g/mol.